The second-order valence-electron chi connectivity index (χ2n) is 10.0. The monoisotopic (exact) mass is 498 g/mol. The smallest absolute Gasteiger partial charge is 0.200 e. The van der Waals surface area contributed by atoms with E-state index in [1.807, 2.05) is 26.0 Å². The Morgan fingerprint density at radius 1 is 0.778 bits per heavy atom. The summed E-state index contributed by atoms with van der Waals surface area (Å²) in [7, 11) is 0. The number of hydrogen-bond donors (Lipinski definition) is 0. The van der Waals surface area contributed by atoms with Crippen LogP contribution >= 0.6 is 0 Å². The Bertz CT molecular complexity index is 1160. The van der Waals surface area contributed by atoms with Crippen LogP contribution in [0.4, 0.5) is 17.6 Å². The molecule has 3 aromatic carbocycles. The normalized spacial score (nSPS) is 17.8. The Labute approximate surface area is 211 Å². The number of unbranched alkanes of at least 4 members (excludes halogenated alkanes) is 1. The number of benzene rings is 3. The minimum absolute atomic E-state index is 0.0268. The molecule has 0 aliphatic heterocycles. The highest BCUT2D eigenvalue weighted by molar-refractivity contribution is 5.65. The lowest BCUT2D eigenvalue weighted by Crippen LogP contribution is -2.16. The third kappa shape index (κ3) is 5.93. The molecule has 1 fully saturated rings. The SMILES string of the molecule is CCCCOc1ccc(C2CCC(CCc3ccc(-c4ccc(C)cc4)c(F)c3F)CC2)c(F)c1F. The Kier molecular flexibility index (Phi) is 8.71. The van der Waals surface area contributed by atoms with Crippen LogP contribution in [0, 0.1) is 36.1 Å². The quantitative estimate of drug-likeness (QED) is 0.211. The lowest BCUT2D eigenvalue weighted by Gasteiger charge is -2.29. The van der Waals surface area contributed by atoms with E-state index in [4.69, 9.17) is 4.74 Å². The van der Waals surface area contributed by atoms with Gasteiger partial charge in [0.05, 0.1) is 6.61 Å². The van der Waals surface area contributed by atoms with Gasteiger partial charge in [0.25, 0.3) is 0 Å². The molecule has 1 saturated carbocycles. The maximum atomic E-state index is 14.8. The fourth-order valence-corrected chi connectivity index (χ4v) is 5.16. The van der Waals surface area contributed by atoms with Crippen LogP contribution in [0.3, 0.4) is 0 Å². The molecule has 3 aromatic rings. The van der Waals surface area contributed by atoms with Crippen LogP contribution in [0.15, 0.2) is 48.5 Å². The molecule has 192 valence electrons. The van der Waals surface area contributed by atoms with Gasteiger partial charge in [-0.05, 0) is 86.5 Å². The fraction of sp³-hybridized carbons (Fsp3) is 0.419. The topological polar surface area (TPSA) is 9.23 Å². The van der Waals surface area contributed by atoms with Gasteiger partial charge in [-0.3, -0.25) is 0 Å². The first-order valence-electron chi connectivity index (χ1n) is 13.0. The standard InChI is InChI=1S/C31H34F4O/c1-3-4-19-36-27-18-17-26(30(34)31(27)35)23-12-7-21(8-13-23)9-14-24-15-16-25(29(33)28(24)32)22-10-5-20(2)6-11-22/h5-6,10-11,15-18,21,23H,3-4,7-9,12-14,19H2,1-2H3. The molecule has 0 bridgehead atoms. The predicted octanol–water partition coefficient (Wildman–Crippen LogP) is 9.30. The first-order valence-corrected chi connectivity index (χ1v) is 13.0. The molecule has 0 N–H and O–H groups in total. The molecular formula is C31H34F4O. The van der Waals surface area contributed by atoms with Gasteiger partial charge < -0.3 is 4.74 Å². The number of aryl methyl sites for hydroxylation is 2. The van der Waals surface area contributed by atoms with E-state index in [0.717, 1.165) is 50.5 Å². The molecule has 1 aliphatic rings. The summed E-state index contributed by atoms with van der Waals surface area (Å²) < 4.78 is 64.2. The molecule has 5 heteroatoms. The Hall–Kier alpha value is -2.82. The summed E-state index contributed by atoms with van der Waals surface area (Å²) in [6.07, 6.45) is 6.12. The molecule has 0 radical (unpaired) electrons. The van der Waals surface area contributed by atoms with E-state index < -0.39 is 23.3 Å². The van der Waals surface area contributed by atoms with Crippen LogP contribution in [0.1, 0.15) is 74.5 Å². The zero-order valence-corrected chi connectivity index (χ0v) is 21.1. The highest BCUT2D eigenvalue weighted by Gasteiger charge is 2.27. The minimum Gasteiger partial charge on any atom is -0.490 e. The largest absolute Gasteiger partial charge is 0.490 e. The number of hydrogen-bond acceptors (Lipinski definition) is 1. The molecule has 0 aromatic heterocycles. The first kappa shape index (κ1) is 26.2. The fourth-order valence-electron chi connectivity index (χ4n) is 5.16. The van der Waals surface area contributed by atoms with Gasteiger partial charge in [-0.15, -0.1) is 0 Å². The lowest BCUT2D eigenvalue weighted by atomic mass is 9.76. The van der Waals surface area contributed by atoms with Gasteiger partial charge in [0.2, 0.25) is 5.82 Å². The van der Waals surface area contributed by atoms with Crippen molar-refractivity contribution in [2.75, 3.05) is 6.61 Å². The summed E-state index contributed by atoms with van der Waals surface area (Å²) in [4.78, 5) is 0. The van der Waals surface area contributed by atoms with E-state index in [2.05, 4.69) is 0 Å². The number of ether oxygens (including phenoxy) is 1. The summed E-state index contributed by atoms with van der Waals surface area (Å²) in [5.74, 6) is -3.01. The van der Waals surface area contributed by atoms with Crippen LogP contribution < -0.4 is 4.74 Å². The number of halogens is 4. The third-order valence-corrected chi connectivity index (χ3v) is 7.47. The van der Waals surface area contributed by atoms with Gasteiger partial charge in [-0.25, -0.2) is 13.2 Å². The van der Waals surface area contributed by atoms with E-state index in [-0.39, 0.29) is 17.2 Å². The average molecular weight is 499 g/mol. The van der Waals surface area contributed by atoms with E-state index >= 15 is 0 Å². The van der Waals surface area contributed by atoms with Crippen LogP contribution in [0.5, 0.6) is 5.75 Å². The zero-order valence-electron chi connectivity index (χ0n) is 21.1. The summed E-state index contributed by atoms with van der Waals surface area (Å²) >= 11 is 0. The van der Waals surface area contributed by atoms with Gasteiger partial charge in [-0.2, -0.15) is 4.39 Å². The summed E-state index contributed by atoms with van der Waals surface area (Å²) in [5.41, 5.74) is 2.79. The van der Waals surface area contributed by atoms with Crippen molar-refractivity contribution in [2.45, 2.75) is 71.1 Å². The molecule has 0 heterocycles. The summed E-state index contributed by atoms with van der Waals surface area (Å²) in [6.45, 7) is 4.33. The van der Waals surface area contributed by atoms with Gasteiger partial charge in [0.15, 0.2) is 23.2 Å². The molecule has 0 amide bonds. The second-order valence-corrected chi connectivity index (χ2v) is 10.0. The van der Waals surface area contributed by atoms with Gasteiger partial charge in [-0.1, -0.05) is 61.4 Å². The van der Waals surface area contributed by atoms with Gasteiger partial charge in [0.1, 0.15) is 0 Å². The molecule has 4 rings (SSSR count). The molecular weight excluding hydrogens is 464 g/mol. The van der Waals surface area contributed by atoms with Crippen molar-refractivity contribution >= 4 is 0 Å². The highest BCUT2D eigenvalue weighted by Crippen LogP contribution is 2.40. The van der Waals surface area contributed by atoms with Gasteiger partial charge in [0, 0.05) is 5.56 Å². The molecule has 0 saturated heterocycles. The predicted molar refractivity (Wildman–Crippen MR) is 136 cm³/mol. The highest BCUT2D eigenvalue weighted by atomic mass is 19.2. The zero-order chi connectivity index (χ0) is 25.7. The Balaban J connectivity index is 1.33. The van der Waals surface area contributed by atoms with Crippen molar-refractivity contribution in [3.05, 3.63) is 88.5 Å². The van der Waals surface area contributed by atoms with E-state index in [1.165, 1.54) is 6.07 Å². The lowest BCUT2D eigenvalue weighted by molar-refractivity contribution is 0.283. The van der Waals surface area contributed by atoms with Crippen LogP contribution in [-0.2, 0) is 6.42 Å². The van der Waals surface area contributed by atoms with Crippen LogP contribution in [0.25, 0.3) is 11.1 Å². The molecule has 0 spiro atoms. The Morgan fingerprint density at radius 3 is 2.19 bits per heavy atom. The van der Waals surface area contributed by atoms with Crippen molar-refractivity contribution < 1.29 is 22.3 Å². The van der Waals surface area contributed by atoms with E-state index in [0.29, 0.717) is 35.6 Å². The maximum absolute atomic E-state index is 14.8. The maximum Gasteiger partial charge on any atom is 0.200 e. The molecule has 1 aliphatic carbocycles. The minimum atomic E-state index is -0.905. The van der Waals surface area contributed by atoms with Crippen molar-refractivity contribution in [1.82, 2.24) is 0 Å². The van der Waals surface area contributed by atoms with Crippen molar-refractivity contribution in [3.63, 3.8) is 0 Å². The Morgan fingerprint density at radius 2 is 1.50 bits per heavy atom. The van der Waals surface area contributed by atoms with Crippen molar-refractivity contribution in [2.24, 2.45) is 5.92 Å². The molecule has 0 unspecified atom stereocenters. The first-order chi connectivity index (χ1) is 17.4. The second kappa shape index (κ2) is 11.9. The molecule has 36 heavy (non-hydrogen) atoms. The van der Waals surface area contributed by atoms with E-state index in [1.54, 1.807) is 30.3 Å². The number of rotatable bonds is 9. The van der Waals surface area contributed by atoms with Crippen molar-refractivity contribution in [1.29, 1.82) is 0 Å². The third-order valence-electron chi connectivity index (χ3n) is 7.47. The average Bonchev–Trinajstić information content (AvgIpc) is 2.89. The molecule has 0 atom stereocenters. The van der Waals surface area contributed by atoms with Crippen LogP contribution in [-0.4, -0.2) is 6.61 Å². The summed E-state index contributed by atoms with van der Waals surface area (Å²) in [5, 5.41) is 0. The van der Waals surface area contributed by atoms with Crippen LogP contribution in [0.2, 0.25) is 0 Å². The van der Waals surface area contributed by atoms with E-state index in [9.17, 15) is 17.6 Å². The van der Waals surface area contributed by atoms with Crippen molar-refractivity contribution in [3.8, 4) is 16.9 Å². The molecule has 1 nitrogen and oxygen atoms in total. The van der Waals surface area contributed by atoms with Gasteiger partial charge >= 0.3 is 0 Å². The summed E-state index contributed by atoms with van der Waals surface area (Å²) in [6, 6.07) is 13.9.